The molecule has 0 N–H and O–H groups in total. The summed E-state index contributed by atoms with van der Waals surface area (Å²) in [6, 6.07) is 0. The minimum Gasteiger partial charge on any atom is -0.0895 e. The Morgan fingerprint density at radius 2 is 1.90 bits per heavy atom. The smallest absolute Gasteiger partial charge is 0.0153 e. The largest absolute Gasteiger partial charge is 0.0895 e. The highest BCUT2D eigenvalue weighted by Gasteiger charge is 1.83. The minimum absolute atomic E-state index is 0.575. The molecule has 0 unspecified atom stereocenters. The summed E-state index contributed by atoms with van der Waals surface area (Å²) in [4.78, 5) is 0. The van der Waals surface area contributed by atoms with Crippen molar-refractivity contribution in [3.8, 4) is 0 Å². The van der Waals surface area contributed by atoms with Crippen molar-refractivity contribution in [2.24, 2.45) is 0 Å². The van der Waals surface area contributed by atoms with Gasteiger partial charge in [-0.15, -0.1) is 0 Å². The second kappa shape index (κ2) is 5.57. The lowest BCUT2D eigenvalue weighted by atomic mass is 10.3. The Balaban J connectivity index is 3.38. The van der Waals surface area contributed by atoms with Crippen LogP contribution in [0.2, 0.25) is 0 Å². The second-order valence-electron chi connectivity index (χ2n) is 1.82. The third-order valence-electron chi connectivity index (χ3n) is 0.762. The minimum atomic E-state index is 0.575. The fourth-order valence-electron chi connectivity index (χ4n) is 0.366. The van der Waals surface area contributed by atoms with Crippen LogP contribution in [-0.4, -0.2) is 0 Å². The van der Waals surface area contributed by atoms with Gasteiger partial charge in [-0.1, -0.05) is 42.4 Å². The van der Waals surface area contributed by atoms with Crippen molar-refractivity contribution < 1.29 is 0 Å². The first kappa shape index (κ1) is 9.80. The number of allylic oxidation sites excluding steroid dienone is 4. The predicted molar refractivity (Wildman–Crippen MR) is 47.0 cm³/mol. The van der Waals surface area contributed by atoms with E-state index in [0.717, 1.165) is 0 Å². The zero-order chi connectivity index (χ0) is 7.98. The monoisotopic (exact) mass is 175 g/mol. The van der Waals surface area contributed by atoms with Gasteiger partial charge in [-0.05, 0) is 6.08 Å². The normalized spacial score (nSPS) is 10.2. The van der Waals surface area contributed by atoms with Crippen LogP contribution in [0.3, 0.4) is 0 Å². The molecular weight excluding hydrogens is 167 g/mol. The van der Waals surface area contributed by atoms with Crippen molar-refractivity contribution in [1.82, 2.24) is 0 Å². The quantitative estimate of drug-likeness (QED) is 0.613. The summed E-state index contributed by atoms with van der Waals surface area (Å²) >= 11 is 10.9. The van der Waals surface area contributed by atoms with Crippen LogP contribution in [0.4, 0.5) is 0 Å². The molecule has 1 radical (unpaired) electrons. The number of hydrogen-bond acceptors (Lipinski definition) is 0. The van der Waals surface area contributed by atoms with Gasteiger partial charge in [0.1, 0.15) is 0 Å². The summed E-state index contributed by atoms with van der Waals surface area (Å²) < 4.78 is 0. The highest BCUT2D eigenvalue weighted by atomic mass is 35.5. The summed E-state index contributed by atoms with van der Waals surface area (Å²) in [7, 11) is 0. The van der Waals surface area contributed by atoms with Crippen molar-refractivity contribution in [1.29, 1.82) is 0 Å². The van der Waals surface area contributed by atoms with E-state index >= 15 is 0 Å². The molecule has 0 saturated heterocycles. The SMILES string of the molecule is C=C(Cl)C/[C]=C/CC(=C)Cl. The highest BCUT2D eigenvalue weighted by molar-refractivity contribution is 6.29. The fraction of sp³-hybridized carbons (Fsp3) is 0.250. The molecule has 0 amide bonds. The van der Waals surface area contributed by atoms with E-state index in [-0.39, 0.29) is 0 Å². The molecule has 2 heteroatoms. The molecule has 0 aromatic carbocycles. The van der Waals surface area contributed by atoms with Gasteiger partial charge in [0.25, 0.3) is 0 Å². The molecule has 0 atom stereocenters. The summed E-state index contributed by atoms with van der Waals surface area (Å²) in [5.41, 5.74) is 0. The maximum atomic E-state index is 5.47. The van der Waals surface area contributed by atoms with Crippen molar-refractivity contribution in [2.45, 2.75) is 12.8 Å². The summed E-state index contributed by atoms with van der Waals surface area (Å²) in [6.45, 7) is 7.01. The molecule has 0 aliphatic heterocycles. The Bertz CT molecular complexity index is 139. The number of halogens is 2. The van der Waals surface area contributed by atoms with Crippen LogP contribution in [0.15, 0.2) is 29.3 Å². The Morgan fingerprint density at radius 1 is 1.30 bits per heavy atom. The number of rotatable bonds is 4. The average Bonchev–Trinajstić information content (AvgIpc) is 1.79. The molecule has 0 aromatic heterocycles. The zero-order valence-electron chi connectivity index (χ0n) is 5.66. The van der Waals surface area contributed by atoms with E-state index in [2.05, 4.69) is 19.2 Å². The van der Waals surface area contributed by atoms with Gasteiger partial charge < -0.3 is 0 Å². The van der Waals surface area contributed by atoms with Crippen LogP contribution in [0.25, 0.3) is 0 Å². The molecule has 0 saturated carbocycles. The third-order valence-corrected chi connectivity index (χ3v) is 1.05. The first-order valence-corrected chi connectivity index (χ1v) is 3.60. The van der Waals surface area contributed by atoms with E-state index in [9.17, 15) is 0 Å². The van der Waals surface area contributed by atoms with Crippen molar-refractivity contribution >= 4 is 23.2 Å². The van der Waals surface area contributed by atoms with Gasteiger partial charge in [0.2, 0.25) is 0 Å². The van der Waals surface area contributed by atoms with Crippen LogP contribution in [0.5, 0.6) is 0 Å². The Morgan fingerprint density at radius 3 is 2.30 bits per heavy atom. The van der Waals surface area contributed by atoms with Gasteiger partial charge >= 0.3 is 0 Å². The molecule has 0 bridgehead atoms. The van der Waals surface area contributed by atoms with Crippen molar-refractivity contribution in [2.75, 3.05) is 0 Å². The van der Waals surface area contributed by atoms with E-state index in [0.29, 0.717) is 22.9 Å². The average molecular weight is 176 g/mol. The summed E-state index contributed by atoms with van der Waals surface area (Å²) in [5.74, 6) is 0. The first-order chi connectivity index (χ1) is 4.63. The van der Waals surface area contributed by atoms with E-state index in [4.69, 9.17) is 23.2 Å². The molecule has 0 rings (SSSR count). The fourth-order valence-corrected chi connectivity index (χ4v) is 0.520. The maximum Gasteiger partial charge on any atom is 0.0153 e. The molecule has 0 aliphatic rings. The summed E-state index contributed by atoms with van der Waals surface area (Å²) in [5, 5.41) is 1.18. The molecule has 0 aliphatic carbocycles. The van der Waals surface area contributed by atoms with E-state index < -0.39 is 0 Å². The Labute approximate surface area is 71.8 Å². The maximum absolute atomic E-state index is 5.47. The molecule has 0 fully saturated rings. The van der Waals surface area contributed by atoms with Gasteiger partial charge in [0.15, 0.2) is 0 Å². The topological polar surface area (TPSA) is 0 Å². The van der Waals surface area contributed by atoms with Crippen LogP contribution in [-0.2, 0) is 0 Å². The molecule has 10 heavy (non-hydrogen) atoms. The molecule has 55 valence electrons. The van der Waals surface area contributed by atoms with Crippen molar-refractivity contribution in [3.63, 3.8) is 0 Å². The van der Waals surface area contributed by atoms with Crippen LogP contribution >= 0.6 is 23.2 Å². The zero-order valence-corrected chi connectivity index (χ0v) is 7.17. The van der Waals surface area contributed by atoms with Gasteiger partial charge in [0.05, 0.1) is 0 Å². The van der Waals surface area contributed by atoms with E-state index in [1.807, 2.05) is 0 Å². The lowest BCUT2D eigenvalue weighted by Crippen LogP contribution is -1.67. The summed E-state index contributed by atoms with van der Waals surface area (Å²) in [6.07, 6.45) is 5.93. The third kappa shape index (κ3) is 7.80. The van der Waals surface area contributed by atoms with E-state index in [1.54, 1.807) is 6.08 Å². The van der Waals surface area contributed by atoms with Gasteiger partial charge in [-0.2, -0.15) is 0 Å². The molecular formula is C8H9Cl2. The lowest BCUT2D eigenvalue weighted by Gasteiger charge is -1.87. The molecule has 0 heterocycles. The van der Waals surface area contributed by atoms with Crippen LogP contribution < -0.4 is 0 Å². The van der Waals surface area contributed by atoms with Crippen molar-refractivity contribution in [3.05, 3.63) is 35.4 Å². The van der Waals surface area contributed by atoms with Crippen LogP contribution in [0.1, 0.15) is 12.8 Å². The lowest BCUT2D eigenvalue weighted by molar-refractivity contribution is 1.25. The highest BCUT2D eigenvalue weighted by Crippen LogP contribution is 2.06. The second-order valence-corrected chi connectivity index (χ2v) is 2.89. The first-order valence-electron chi connectivity index (χ1n) is 2.84. The predicted octanol–water partition coefficient (Wildman–Crippen LogP) is 3.63. The van der Waals surface area contributed by atoms with Gasteiger partial charge in [-0.25, -0.2) is 0 Å². The number of hydrogen-bond donors (Lipinski definition) is 0. The van der Waals surface area contributed by atoms with Crippen LogP contribution in [0, 0.1) is 6.08 Å². The van der Waals surface area contributed by atoms with Gasteiger partial charge in [-0.3, -0.25) is 0 Å². The molecule has 0 spiro atoms. The Kier molecular flexibility index (Phi) is 5.46. The van der Waals surface area contributed by atoms with E-state index in [1.165, 1.54) is 0 Å². The Hall–Kier alpha value is -0.200. The standard InChI is InChI=1S/C8H9Cl2/c1-7(9)5-3-4-6-8(2)10/h3H,1-2,5-6H2. The van der Waals surface area contributed by atoms with Gasteiger partial charge in [0, 0.05) is 22.9 Å². The molecule has 0 nitrogen and oxygen atoms in total. The molecule has 0 aromatic rings.